The fourth-order valence-electron chi connectivity index (χ4n) is 2.26. The maximum absolute atomic E-state index is 12.6. The summed E-state index contributed by atoms with van der Waals surface area (Å²) in [5, 5.41) is 6.93. The molecule has 0 spiro atoms. The van der Waals surface area contributed by atoms with Gasteiger partial charge in [-0.3, -0.25) is 9.59 Å². The van der Waals surface area contributed by atoms with Crippen LogP contribution in [0.25, 0.3) is 5.69 Å². The van der Waals surface area contributed by atoms with Crippen molar-refractivity contribution in [3.8, 4) is 11.4 Å². The summed E-state index contributed by atoms with van der Waals surface area (Å²) in [5.74, 6) is -0.357. The number of carbonyl (C=O) groups excluding carboxylic acids is 1. The zero-order valence-electron chi connectivity index (χ0n) is 13.3. The topological polar surface area (TPSA) is 73.2 Å². The van der Waals surface area contributed by atoms with Gasteiger partial charge in [-0.2, -0.15) is 9.78 Å². The van der Waals surface area contributed by atoms with E-state index in [0.717, 1.165) is 4.47 Å². The van der Waals surface area contributed by atoms with E-state index in [0.29, 0.717) is 11.4 Å². The van der Waals surface area contributed by atoms with Crippen molar-refractivity contribution >= 4 is 27.5 Å². The highest BCUT2D eigenvalue weighted by Gasteiger charge is 2.18. The summed E-state index contributed by atoms with van der Waals surface area (Å²) in [7, 11) is 1.39. The molecule has 7 heteroatoms. The predicted octanol–water partition coefficient (Wildman–Crippen LogP) is 3.26. The molecule has 0 saturated carbocycles. The van der Waals surface area contributed by atoms with Gasteiger partial charge < -0.3 is 10.1 Å². The minimum Gasteiger partial charge on any atom is -0.494 e. The number of halogens is 1. The van der Waals surface area contributed by atoms with Crippen molar-refractivity contribution in [3.05, 3.63) is 81.2 Å². The molecule has 1 amide bonds. The first-order valence-electron chi connectivity index (χ1n) is 7.39. The Labute approximate surface area is 152 Å². The molecular formula is C18H14BrN3O3. The third-order valence-electron chi connectivity index (χ3n) is 3.41. The third-order valence-corrected chi connectivity index (χ3v) is 3.91. The number of anilines is 1. The minimum atomic E-state index is -0.473. The van der Waals surface area contributed by atoms with Crippen molar-refractivity contribution in [2.75, 3.05) is 12.4 Å². The first kappa shape index (κ1) is 16.9. The average molecular weight is 400 g/mol. The van der Waals surface area contributed by atoms with E-state index in [1.165, 1.54) is 17.9 Å². The van der Waals surface area contributed by atoms with E-state index < -0.39 is 5.91 Å². The van der Waals surface area contributed by atoms with Crippen LogP contribution in [-0.2, 0) is 0 Å². The second kappa shape index (κ2) is 7.31. The molecule has 0 bridgehead atoms. The van der Waals surface area contributed by atoms with Gasteiger partial charge in [-0.05, 0) is 30.3 Å². The number of hydrogen-bond acceptors (Lipinski definition) is 4. The Balaban J connectivity index is 2.02. The van der Waals surface area contributed by atoms with E-state index in [2.05, 4.69) is 26.3 Å². The number of hydrogen-bond donors (Lipinski definition) is 1. The Morgan fingerprint density at radius 3 is 2.56 bits per heavy atom. The maximum atomic E-state index is 12.6. The lowest BCUT2D eigenvalue weighted by Crippen LogP contribution is -2.26. The Kier molecular flexibility index (Phi) is 4.95. The number of nitrogens with one attached hydrogen (secondary N) is 1. The van der Waals surface area contributed by atoms with Gasteiger partial charge in [0, 0.05) is 10.2 Å². The van der Waals surface area contributed by atoms with Crippen LogP contribution in [-0.4, -0.2) is 22.8 Å². The molecule has 0 aliphatic rings. The molecule has 1 N–H and O–H groups in total. The third kappa shape index (κ3) is 3.77. The molecule has 6 nitrogen and oxygen atoms in total. The molecule has 0 aliphatic heterocycles. The van der Waals surface area contributed by atoms with Crippen LogP contribution in [0.2, 0.25) is 0 Å². The maximum Gasteiger partial charge on any atom is 0.280 e. The summed E-state index contributed by atoms with van der Waals surface area (Å²) in [6.45, 7) is 0. The molecule has 3 rings (SSSR count). The molecule has 3 aromatic rings. The van der Waals surface area contributed by atoms with Crippen LogP contribution in [0, 0.1) is 0 Å². The lowest BCUT2D eigenvalue weighted by Gasteiger charge is -2.11. The standard InChI is InChI=1S/C18H14BrN3O3/c1-25-15-11-16(23)22(14-8-3-2-4-9-14)21-17(15)18(24)20-13-7-5-6-12(19)10-13/h2-11H,1H3,(H,20,24). The van der Waals surface area contributed by atoms with E-state index in [9.17, 15) is 9.59 Å². The molecule has 25 heavy (non-hydrogen) atoms. The number of nitrogens with zero attached hydrogens (tertiary/aromatic N) is 2. The fourth-order valence-corrected chi connectivity index (χ4v) is 2.66. The summed E-state index contributed by atoms with van der Waals surface area (Å²) in [6, 6.07) is 17.3. The fraction of sp³-hybridized carbons (Fsp3) is 0.0556. The first-order chi connectivity index (χ1) is 12.1. The van der Waals surface area contributed by atoms with Crippen LogP contribution >= 0.6 is 15.9 Å². The number of para-hydroxylation sites is 1. The number of carbonyl (C=O) groups is 1. The van der Waals surface area contributed by atoms with Gasteiger partial charge in [0.2, 0.25) is 0 Å². The van der Waals surface area contributed by atoms with E-state index in [-0.39, 0.29) is 17.0 Å². The van der Waals surface area contributed by atoms with Gasteiger partial charge in [0.1, 0.15) is 0 Å². The number of benzene rings is 2. The SMILES string of the molecule is COc1cc(=O)n(-c2ccccc2)nc1C(=O)Nc1cccc(Br)c1. The molecule has 0 radical (unpaired) electrons. The number of amides is 1. The van der Waals surface area contributed by atoms with E-state index in [1.54, 1.807) is 42.5 Å². The molecule has 2 aromatic carbocycles. The van der Waals surface area contributed by atoms with E-state index in [1.807, 2.05) is 12.1 Å². The van der Waals surface area contributed by atoms with Crippen molar-refractivity contribution in [2.24, 2.45) is 0 Å². The van der Waals surface area contributed by atoms with Gasteiger partial charge in [0.25, 0.3) is 11.5 Å². The summed E-state index contributed by atoms with van der Waals surface area (Å²) in [5.41, 5.74) is 0.792. The summed E-state index contributed by atoms with van der Waals surface area (Å²) < 4.78 is 7.15. The molecule has 1 heterocycles. The zero-order valence-corrected chi connectivity index (χ0v) is 14.9. The highest BCUT2D eigenvalue weighted by molar-refractivity contribution is 9.10. The second-order valence-corrected chi connectivity index (χ2v) is 6.03. The monoisotopic (exact) mass is 399 g/mol. The number of aromatic nitrogens is 2. The zero-order chi connectivity index (χ0) is 17.8. The Hall–Kier alpha value is -2.93. The molecular weight excluding hydrogens is 386 g/mol. The van der Waals surface area contributed by atoms with Gasteiger partial charge >= 0.3 is 0 Å². The molecule has 0 unspecified atom stereocenters. The molecule has 0 aliphatic carbocycles. The van der Waals surface area contributed by atoms with E-state index >= 15 is 0 Å². The normalized spacial score (nSPS) is 10.3. The Morgan fingerprint density at radius 1 is 1.12 bits per heavy atom. The highest BCUT2D eigenvalue weighted by Crippen LogP contribution is 2.19. The molecule has 0 saturated heterocycles. The van der Waals surface area contributed by atoms with E-state index in [4.69, 9.17) is 4.74 Å². The van der Waals surface area contributed by atoms with Crippen molar-refractivity contribution in [1.29, 1.82) is 0 Å². The Bertz CT molecular complexity index is 971. The summed E-state index contributed by atoms with van der Waals surface area (Å²) in [6.07, 6.45) is 0. The summed E-state index contributed by atoms with van der Waals surface area (Å²) in [4.78, 5) is 24.9. The van der Waals surface area contributed by atoms with Gasteiger partial charge in [-0.25, -0.2) is 0 Å². The predicted molar refractivity (Wildman–Crippen MR) is 98.5 cm³/mol. The van der Waals surface area contributed by atoms with Crippen molar-refractivity contribution < 1.29 is 9.53 Å². The smallest absolute Gasteiger partial charge is 0.280 e. The van der Waals surface area contributed by atoms with Crippen LogP contribution < -0.4 is 15.6 Å². The number of rotatable bonds is 4. The van der Waals surface area contributed by atoms with Crippen LogP contribution in [0.5, 0.6) is 5.75 Å². The quantitative estimate of drug-likeness (QED) is 0.730. The first-order valence-corrected chi connectivity index (χ1v) is 8.18. The average Bonchev–Trinajstić information content (AvgIpc) is 2.62. The summed E-state index contributed by atoms with van der Waals surface area (Å²) >= 11 is 3.35. The van der Waals surface area contributed by atoms with Gasteiger partial charge in [-0.1, -0.05) is 40.2 Å². The van der Waals surface area contributed by atoms with Crippen LogP contribution in [0.15, 0.2) is 69.9 Å². The lowest BCUT2D eigenvalue weighted by atomic mass is 10.2. The van der Waals surface area contributed by atoms with Crippen molar-refractivity contribution in [3.63, 3.8) is 0 Å². The molecule has 0 fully saturated rings. The van der Waals surface area contributed by atoms with Crippen molar-refractivity contribution in [2.45, 2.75) is 0 Å². The van der Waals surface area contributed by atoms with Gasteiger partial charge in [-0.15, -0.1) is 0 Å². The lowest BCUT2D eigenvalue weighted by molar-refractivity contribution is 0.101. The van der Waals surface area contributed by atoms with Gasteiger partial charge in [0.05, 0.1) is 18.9 Å². The largest absolute Gasteiger partial charge is 0.494 e. The highest BCUT2D eigenvalue weighted by atomic mass is 79.9. The minimum absolute atomic E-state index is 0.0194. The second-order valence-electron chi connectivity index (χ2n) is 5.11. The van der Waals surface area contributed by atoms with Crippen molar-refractivity contribution in [1.82, 2.24) is 9.78 Å². The van der Waals surface area contributed by atoms with Gasteiger partial charge in [0.15, 0.2) is 11.4 Å². The van der Waals surface area contributed by atoms with Crippen LogP contribution in [0.4, 0.5) is 5.69 Å². The van der Waals surface area contributed by atoms with Crippen LogP contribution in [0.1, 0.15) is 10.5 Å². The number of methoxy groups -OCH3 is 1. The molecule has 1 aromatic heterocycles. The molecule has 126 valence electrons. The Morgan fingerprint density at radius 2 is 1.88 bits per heavy atom. The molecule has 0 atom stereocenters. The van der Waals surface area contributed by atoms with Crippen LogP contribution in [0.3, 0.4) is 0 Å². The number of ether oxygens (including phenoxy) is 1.